The number of benzene rings is 3. The Hall–Kier alpha value is -3.03. The quantitative estimate of drug-likeness (QED) is 0.440. The molecule has 0 bridgehead atoms. The molecule has 0 radical (unpaired) electrons. The number of carbonyl (C=O) groups excluding carboxylic acids is 2. The van der Waals surface area contributed by atoms with E-state index in [-0.39, 0.29) is 34.7 Å². The van der Waals surface area contributed by atoms with Crippen molar-refractivity contribution < 1.29 is 18.7 Å². The van der Waals surface area contributed by atoms with Gasteiger partial charge in [-0.15, -0.1) is 11.8 Å². The van der Waals surface area contributed by atoms with Crippen LogP contribution in [-0.2, 0) is 11.3 Å². The Bertz CT molecular complexity index is 1110. The molecule has 8 heteroatoms. The fourth-order valence-electron chi connectivity index (χ4n) is 3.01. The first kappa shape index (κ1) is 23.6. The highest BCUT2D eigenvalue weighted by atomic mass is 35.5. The minimum Gasteiger partial charge on any atom is -0.497 e. The van der Waals surface area contributed by atoms with Crippen molar-refractivity contribution >= 4 is 40.9 Å². The number of ether oxygens (including phenoxy) is 1. The maximum atomic E-state index is 14.1. The van der Waals surface area contributed by atoms with Crippen LogP contribution in [0.5, 0.6) is 5.75 Å². The fraction of sp³-hybridized carbons (Fsp3) is 0.167. The van der Waals surface area contributed by atoms with E-state index in [1.165, 1.54) is 28.8 Å². The number of hydrogen-bond acceptors (Lipinski definition) is 4. The predicted octanol–water partition coefficient (Wildman–Crippen LogP) is 5.49. The minimum atomic E-state index is -0.464. The zero-order valence-corrected chi connectivity index (χ0v) is 19.2. The normalized spacial score (nSPS) is 10.5. The van der Waals surface area contributed by atoms with Crippen molar-refractivity contribution in [3.8, 4) is 5.75 Å². The van der Waals surface area contributed by atoms with Crippen molar-refractivity contribution in [2.45, 2.75) is 11.4 Å². The second-order valence-corrected chi connectivity index (χ2v) is 8.35. The molecule has 32 heavy (non-hydrogen) atoms. The Morgan fingerprint density at radius 3 is 2.59 bits per heavy atom. The molecule has 0 unspecified atom stereocenters. The summed E-state index contributed by atoms with van der Waals surface area (Å²) in [4.78, 5) is 27.5. The van der Waals surface area contributed by atoms with Crippen molar-refractivity contribution in [1.82, 2.24) is 4.90 Å². The molecule has 3 rings (SSSR count). The first-order valence-corrected chi connectivity index (χ1v) is 11.1. The Kier molecular flexibility index (Phi) is 8.14. The number of halogens is 2. The average molecular weight is 473 g/mol. The number of rotatable bonds is 8. The third-order valence-electron chi connectivity index (χ3n) is 4.63. The second-order valence-electron chi connectivity index (χ2n) is 6.93. The van der Waals surface area contributed by atoms with Gasteiger partial charge in [-0.2, -0.15) is 0 Å². The van der Waals surface area contributed by atoms with Crippen LogP contribution < -0.4 is 10.1 Å². The van der Waals surface area contributed by atoms with Gasteiger partial charge >= 0.3 is 0 Å². The standard InChI is InChI=1S/C24H22ClFN2O3S/c1-28(14-19-20(25)10-6-11-21(19)26)24(30)18-9-3-4-12-22(18)32-15-23(29)27-16-7-5-8-17(13-16)31-2/h3-13H,14-15H2,1-2H3,(H,27,29). The van der Waals surface area contributed by atoms with Gasteiger partial charge in [0.25, 0.3) is 5.91 Å². The number of thioether (sulfide) groups is 1. The lowest BCUT2D eigenvalue weighted by Crippen LogP contribution is -2.27. The summed E-state index contributed by atoms with van der Waals surface area (Å²) in [6.45, 7) is 0.0274. The number of hydrogen-bond donors (Lipinski definition) is 1. The summed E-state index contributed by atoms with van der Waals surface area (Å²) in [7, 11) is 3.14. The fourth-order valence-corrected chi connectivity index (χ4v) is 4.08. The van der Waals surface area contributed by atoms with Crippen molar-refractivity contribution in [1.29, 1.82) is 0 Å². The summed E-state index contributed by atoms with van der Waals surface area (Å²) in [5, 5.41) is 3.08. The van der Waals surface area contributed by atoms with E-state index in [9.17, 15) is 14.0 Å². The number of nitrogens with zero attached hydrogens (tertiary/aromatic N) is 1. The highest BCUT2D eigenvalue weighted by molar-refractivity contribution is 8.00. The zero-order valence-electron chi connectivity index (χ0n) is 17.6. The summed E-state index contributed by atoms with van der Waals surface area (Å²) in [6.07, 6.45) is 0. The minimum absolute atomic E-state index is 0.0274. The zero-order chi connectivity index (χ0) is 23.1. The molecule has 0 fully saturated rings. The van der Waals surface area contributed by atoms with Crippen molar-refractivity contribution in [2.75, 3.05) is 25.2 Å². The van der Waals surface area contributed by atoms with E-state index < -0.39 is 5.82 Å². The third kappa shape index (κ3) is 6.02. The first-order chi connectivity index (χ1) is 15.4. The molecule has 0 aliphatic carbocycles. The van der Waals surface area contributed by atoms with Crippen LogP contribution in [0.3, 0.4) is 0 Å². The Morgan fingerprint density at radius 2 is 1.84 bits per heavy atom. The number of methoxy groups -OCH3 is 1. The molecule has 3 aromatic carbocycles. The molecule has 0 aliphatic heterocycles. The molecule has 0 saturated carbocycles. The topological polar surface area (TPSA) is 58.6 Å². The van der Waals surface area contributed by atoms with Gasteiger partial charge in [0.2, 0.25) is 5.91 Å². The lowest BCUT2D eigenvalue weighted by atomic mass is 10.1. The van der Waals surface area contributed by atoms with Crippen LogP contribution >= 0.6 is 23.4 Å². The van der Waals surface area contributed by atoms with Crippen LogP contribution in [0.1, 0.15) is 15.9 Å². The molecular formula is C24H22ClFN2O3S. The predicted molar refractivity (Wildman–Crippen MR) is 126 cm³/mol. The third-order valence-corrected chi connectivity index (χ3v) is 6.06. The van der Waals surface area contributed by atoms with Gasteiger partial charge in [0.05, 0.1) is 18.4 Å². The van der Waals surface area contributed by atoms with Gasteiger partial charge in [-0.05, 0) is 36.4 Å². The van der Waals surface area contributed by atoms with Gasteiger partial charge < -0.3 is 15.0 Å². The van der Waals surface area contributed by atoms with Gasteiger partial charge in [0.1, 0.15) is 11.6 Å². The lowest BCUT2D eigenvalue weighted by Gasteiger charge is -2.20. The van der Waals surface area contributed by atoms with E-state index in [4.69, 9.17) is 16.3 Å². The molecule has 5 nitrogen and oxygen atoms in total. The van der Waals surface area contributed by atoms with Gasteiger partial charge in [-0.3, -0.25) is 9.59 Å². The van der Waals surface area contributed by atoms with Crippen LogP contribution in [0.2, 0.25) is 5.02 Å². The highest BCUT2D eigenvalue weighted by Crippen LogP contribution is 2.26. The maximum absolute atomic E-state index is 14.1. The Labute approximate surface area is 195 Å². The molecule has 2 amide bonds. The molecule has 0 aromatic heterocycles. The van der Waals surface area contributed by atoms with Crippen LogP contribution in [-0.4, -0.2) is 36.6 Å². The molecule has 1 N–H and O–H groups in total. The number of nitrogens with one attached hydrogen (secondary N) is 1. The largest absolute Gasteiger partial charge is 0.497 e. The Morgan fingerprint density at radius 1 is 1.09 bits per heavy atom. The monoisotopic (exact) mass is 472 g/mol. The van der Waals surface area contributed by atoms with Gasteiger partial charge in [-0.1, -0.05) is 35.9 Å². The Balaban J connectivity index is 1.67. The molecule has 0 saturated heterocycles. The highest BCUT2D eigenvalue weighted by Gasteiger charge is 2.19. The van der Waals surface area contributed by atoms with Crippen molar-refractivity contribution in [3.63, 3.8) is 0 Å². The summed E-state index contributed by atoms with van der Waals surface area (Å²) >= 11 is 7.34. The summed E-state index contributed by atoms with van der Waals surface area (Å²) in [5.41, 5.74) is 1.32. The number of amides is 2. The smallest absolute Gasteiger partial charge is 0.255 e. The van der Waals surface area contributed by atoms with Crippen LogP contribution in [0, 0.1) is 5.82 Å². The average Bonchev–Trinajstić information content (AvgIpc) is 2.80. The van der Waals surface area contributed by atoms with Gasteiger partial charge in [0, 0.05) is 40.8 Å². The maximum Gasteiger partial charge on any atom is 0.255 e. The molecular weight excluding hydrogens is 451 g/mol. The molecule has 0 spiro atoms. The van der Waals surface area contributed by atoms with E-state index in [1.54, 1.807) is 68.8 Å². The van der Waals surface area contributed by atoms with Gasteiger partial charge in [0.15, 0.2) is 0 Å². The lowest BCUT2D eigenvalue weighted by molar-refractivity contribution is -0.113. The van der Waals surface area contributed by atoms with Crippen LogP contribution in [0.4, 0.5) is 10.1 Å². The number of carbonyl (C=O) groups is 2. The van der Waals surface area contributed by atoms with Crippen molar-refractivity contribution in [2.24, 2.45) is 0 Å². The molecule has 0 atom stereocenters. The van der Waals surface area contributed by atoms with E-state index in [2.05, 4.69) is 5.32 Å². The van der Waals surface area contributed by atoms with E-state index in [1.807, 2.05) is 0 Å². The van der Waals surface area contributed by atoms with E-state index >= 15 is 0 Å². The van der Waals surface area contributed by atoms with E-state index in [0.29, 0.717) is 21.9 Å². The molecule has 3 aromatic rings. The SMILES string of the molecule is COc1cccc(NC(=O)CSc2ccccc2C(=O)N(C)Cc2c(F)cccc2Cl)c1. The molecule has 0 aliphatic rings. The first-order valence-electron chi connectivity index (χ1n) is 9.73. The van der Waals surface area contributed by atoms with Crippen LogP contribution in [0.25, 0.3) is 0 Å². The summed E-state index contributed by atoms with van der Waals surface area (Å²) in [5.74, 6) is -0.208. The summed E-state index contributed by atoms with van der Waals surface area (Å²) in [6, 6.07) is 18.5. The van der Waals surface area contributed by atoms with E-state index in [0.717, 1.165) is 0 Å². The summed E-state index contributed by atoms with van der Waals surface area (Å²) < 4.78 is 19.3. The molecule has 0 heterocycles. The number of anilines is 1. The van der Waals surface area contributed by atoms with Crippen LogP contribution in [0.15, 0.2) is 71.6 Å². The van der Waals surface area contributed by atoms with Gasteiger partial charge in [-0.25, -0.2) is 4.39 Å². The second kappa shape index (κ2) is 11.0. The van der Waals surface area contributed by atoms with Crippen molar-refractivity contribution in [3.05, 3.63) is 88.7 Å². The molecule has 166 valence electrons.